The number of rotatable bonds is 5. The summed E-state index contributed by atoms with van der Waals surface area (Å²) in [6, 6.07) is 1.18. The summed E-state index contributed by atoms with van der Waals surface area (Å²) in [5, 5.41) is 16.2. The van der Waals surface area contributed by atoms with E-state index in [1.807, 2.05) is 13.8 Å². The van der Waals surface area contributed by atoms with Gasteiger partial charge in [0.15, 0.2) is 0 Å². The van der Waals surface area contributed by atoms with Crippen LogP contribution < -0.4 is 10.6 Å². The minimum atomic E-state index is -0.610. The van der Waals surface area contributed by atoms with E-state index in [1.165, 1.54) is 12.3 Å². The molecule has 98 valence electrons. The Morgan fingerprint density at radius 3 is 2.83 bits per heavy atom. The molecule has 0 aromatic carbocycles. The fourth-order valence-corrected chi connectivity index (χ4v) is 1.39. The third-order valence-corrected chi connectivity index (χ3v) is 2.10. The number of carbonyl (C=O) groups excluding carboxylic acids is 1. The SMILES string of the molecule is CC(C)NC(=O)CNc1ncc(Cl)cc1[N+](=O)[O-]. The summed E-state index contributed by atoms with van der Waals surface area (Å²) in [5.41, 5.74) is -0.264. The van der Waals surface area contributed by atoms with Crippen LogP contribution >= 0.6 is 11.6 Å². The zero-order valence-electron chi connectivity index (χ0n) is 9.94. The average molecular weight is 273 g/mol. The molecule has 0 aliphatic heterocycles. The van der Waals surface area contributed by atoms with Crippen LogP contribution in [0.4, 0.5) is 11.5 Å². The van der Waals surface area contributed by atoms with Gasteiger partial charge >= 0.3 is 5.69 Å². The van der Waals surface area contributed by atoms with Crippen molar-refractivity contribution in [1.29, 1.82) is 0 Å². The summed E-state index contributed by atoms with van der Waals surface area (Å²) in [4.78, 5) is 25.3. The van der Waals surface area contributed by atoms with Crippen LogP contribution in [0.3, 0.4) is 0 Å². The lowest BCUT2D eigenvalue weighted by Gasteiger charge is -2.09. The number of carbonyl (C=O) groups is 1. The lowest BCUT2D eigenvalue weighted by Crippen LogP contribution is -2.35. The lowest BCUT2D eigenvalue weighted by molar-refractivity contribution is -0.384. The predicted molar refractivity (Wildman–Crippen MR) is 67.7 cm³/mol. The smallest absolute Gasteiger partial charge is 0.312 e. The van der Waals surface area contributed by atoms with E-state index < -0.39 is 4.92 Å². The summed E-state index contributed by atoms with van der Waals surface area (Å²) in [7, 11) is 0. The van der Waals surface area contributed by atoms with Gasteiger partial charge in [0, 0.05) is 18.3 Å². The first-order chi connectivity index (χ1) is 8.40. The summed E-state index contributed by atoms with van der Waals surface area (Å²) in [6.07, 6.45) is 1.28. The second kappa shape index (κ2) is 6.15. The third kappa shape index (κ3) is 4.17. The predicted octanol–water partition coefficient (Wildman–Crippen LogP) is 1.58. The molecular formula is C10H13ClN4O3. The maximum atomic E-state index is 11.4. The molecule has 1 heterocycles. The maximum absolute atomic E-state index is 11.4. The van der Waals surface area contributed by atoms with Gasteiger partial charge in [0.05, 0.1) is 16.5 Å². The van der Waals surface area contributed by atoms with Crippen LogP contribution in [0.2, 0.25) is 5.02 Å². The molecule has 0 radical (unpaired) electrons. The molecule has 1 aromatic rings. The minimum absolute atomic E-state index is 0.00691. The molecular weight excluding hydrogens is 260 g/mol. The highest BCUT2D eigenvalue weighted by molar-refractivity contribution is 6.30. The molecule has 8 heteroatoms. The van der Waals surface area contributed by atoms with Crippen molar-refractivity contribution in [2.24, 2.45) is 0 Å². The first-order valence-corrected chi connectivity index (χ1v) is 5.61. The monoisotopic (exact) mass is 272 g/mol. The highest BCUT2D eigenvalue weighted by atomic mass is 35.5. The fraction of sp³-hybridized carbons (Fsp3) is 0.400. The van der Waals surface area contributed by atoms with E-state index in [9.17, 15) is 14.9 Å². The van der Waals surface area contributed by atoms with Gasteiger partial charge in [0.1, 0.15) is 0 Å². The van der Waals surface area contributed by atoms with Crippen molar-refractivity contribution in [3.63, 3.8) is 0 Å². The number of nitrogens with zero attached hydrogens (tertiary/aromatic N) is 2. The molecule has 0 unspecified atom stereocenters. The van der Waals surface area contributed by atoms with Gasteiger partial charge in [0.2, 0.25) is 11.7 Å². The van der Waals surface area contributed by atoms with Gasteiger partial charge in [0.25, 0.3) is 0 Å². The summed E-state index contributed by atoms with van der Waals surface area (Å²) < 4.78 is 0. The van der Waals surface area contributed by atoms with Crippen LogP contribution in [0.15, 0.2) is 12.3 Å². The van der Waals surface area contributed by atoms with Crippen molar-refractivity contribution in [3.05, 3.63) is 27.4 Å². The minimum Gasteiger partial charge on any atom is -0.355 e. The molecule has 0 spiro atoms. The van der Waals surface area contributed by atoms with E-state index in [0.717, 1.165) is 0 Å². The van der Waals surface area contributed by atoms with E-state index in [1.54, 1.807) is 0 Å². The van der Waals surface area contributed by atoms with E-state index in [2.05, 4.69) is 15.6 Å². The maximum Gasteiger partial charge on any atom is 0.312 e. The molecule has 0 fully saturated rings. The molecule has 0 aliphatic rings. The number of aromatic nitrogens is 1. The molecule has 0 saturated heterocycles. The van der Waals surface area contributed by atoms with Crippen LogP contribution in [0.1, 0.15) is 13.8 Å². The Morgan fingerprint density at radius 2 is 2.28 bits per heavy atom. The zero-order chi connectivity index (χ0) is 13.7. The molecule has 18 heavy (non-hydrogen) atoms. The average Bonchev–Trinajstić information content (AvgIpc) is 2.26. The van der Waals surface area contributed by atoms with E-state index >= 15 is 0 Å². The molecule has 0 bridgehead atoms. The Bertz CT molecular complexity index is 464. The van der Waals surface area contributed by atoms with Crippen molar-refractivity contribution in [2.45, 2.75) is 19.9 Å². The van der Waals surface area contributed by atoms with Crippen LogP contribution in [0, 0.1) is 10.1 Å². The first kappa shape index (κ1) is 14.2. The number of nitrogens with one attached hydrogen (secondary N) is 2. The van der Waals surface area contributed by atoms with Crippen molar-refractivity contribution < 1.29 is 9.72 Å². The standard InChI is InChI=1S/C10H13ClN4O3/c1-6(2)14-9(16)5-13-10-8(15(17)18)3-7(11)4-12-10/h3-4,6H,5H2,1-2H3,(H,12,13)(H,14,16). The number of halogens is 1. The summed E-state index contributed by atoms with van der Waals surface area (Å²) in [5.74, 6) is -0.251. The van der Waals surface area contributed by atoms with Gasteiger partial charge < -0.3 is 10.6 Å². The quantitative estimate of drug-likeness (QED) is 0.626. The molecule has 0 atom stereocenters. The highest BCUT2D eigenvalue weighted by Crippen LogP contribution is 2.24. The Balaban J connectivity index is 2.73. The van der Waals surface area contributed by atoms with Crippen molar-refractivity contribution in [3.8, 4) is 0 Å². The van der Waals surface area contributed by atoms with Crippen molar-refractivity contribution in [1.82, 2.24) is 10.3 Å². The molecule has 2 N–H and O–H groups in total. The van der Waals surface area contributed by atoms with E-state index in [-0.39, 0.29) is 35.0 Å². The lowest BCUT2D eigenvalue weighted by atomic mass is 10.3. The topological polar surface area (TPSA) is 97.2 Å². The molecule has 7 nitrogen and oxygen atoms in total. The van der Waals surface area contributed by atoms with Gasteiger partial charge in [-0.2, -0.15) is 0 Å². The molecule has 0 saturated carbocycles. The van der Waals surface area contributed by atoms with Gasteiger partial charge in [-0.1, -0.05) is 11.6 Å². The second-order valence-corrected chi connectivity index (χ2v) is 4.29. The van der Waals surface area contributed by atoms with Crippen LogP contribution in [-0.2, 0) is 4.79 Å². The molecule has 0 aliphatic carbocycles. The zero-order valence-corrected chi connectivity index (χ0v) is 10.7. The van der Waals surface area contributed by atoms with Gasteiger partial charge in [-0.3, -0.25) is 14.9 Å². The number of nitro groups is 1. The van der Waals surface area contributed by atoms with Gasteiger partial charge in [-0.05, 0) is 13.8 Å². The summed E-state index contributed by atoms with van der Waals surface area (Å²) in [6.45, 7) is 3.55. The van der Waals surface area contributed by atoms with Gasteiger partial charge in [-0.15, -0.1) is 0 Å². The molecule has 1 amide bonds. The number of amides is 1. The number of hydrogen-bond donors (Lipinski definition) is 2. The van der Waals surface area contributed by atoms with Crippen molar-refractivity contribution in [2.75, 3.05) is 11.9 Å². The molecule has 1 rings (SSSR count). The van der Waals surface area contributed by atoms with Crippen LogP contribution in [-0.4, -0.2) is 28.4 Å². The van der Waals surface area contributed by atoms with E-state index in [0.29, 0.717) is 0 Å². The third-order valence-electron chi connectivity index (χ3n) is 1.90. The number of anilines is 1. The Morgan fingerprint density at radius 1 is 1.61 bits per heavy atom. The summed E-state index contributed by atoms with van der Waals surface area (Å²) >= 11 is 5.62. The normalized spacial score (nSPS) is 10.2. The van der Waals surface area contributed by atoms with E-state index in [4.69, 9.17) is 11.6 Å². The largest absolute Gasteiger partial charge is 0.355 e. The number of pyridine rings is 1. The molecule has 1 aromatic heterocycles. The Hall–Kier alpha value is -1.89. The Kier molecular flexibility index (Phi) is 4.85. The highest BCUT2D eigenvalue weighted by Gasteiger charge is 2.16. The number of hydrogen-bond acceptors (Lipinski definition) is 5. The Labute approximate surface area is 109 Å². The first-order valence-electron chi connectivity index (χ1n) is 5.23. The fourth-order valence-electron chi connectivity index (χ4n) is 1.24. The van der Waals surface area contributed by atoms with Crippen LogP contribution in [0.5, 0.6) is 0 Å². The van der Waals surface area contributed by atoms with Crippen molar-refractivity contribution >= 4 is 29.0 Å². The van der Waals surface area contributed by atoms with Crippen LogP contribution in [0.25, 0.3) is 0 Å². The second-order valence-electron chi connectivity index (χ2n) is 3.85. The van der Waals surface area contributed by atoms with Gasteiger partial charge in [-0.25, -0.2) is 4.98 Å².